The van der Waals surface area contributed by atoms with Crippen molar-refractivity contribution < 1.29 is 19.4 Å². The first-order valence-electron chi connectivity index (χ1n) is 10.8. The van der Waals surface area contributed by atoms with Gasteiger partial charge in [-0.15, -0.1) is 0 Å². The van der Waals surface area contributed by atoms with Crippen LogP contribution in [0.5, 0.6) is 0 Å². The number of nitrogens with one attached hydrogen (secondary N) is 3. The summed E-state index contributed by atoms with van der Waals surface area (Å²) >= 11 is 0. The van der Waals surface area contributed by atoms with Gasteiger partial charge in [-0.3, -0.25) is 4.79 Å². The van der Waals surface area contributed by atoms with Crippen molar-refractivity contribution in [3.63, 3.8) is 0 Å². The summed E-state index contributed by atoms with van der Waals surface area (Å²) in [4.78, 5) is 26.3. The molecule has 0 radical (unpaired) electrons. The number of aliphatic hydroxyl groups is 1. The fourth-order valence-corrected chi connectivity index (χ4v) is 3.89. The molecule has 28 heavy (non-hydrogen) atoms. The molecule has 0 aromatic carbocycles. The van der Waals surface area contributed by atoms with E-state index < -0.39 is 0 Å². The second kappa shape index (κ2) is 12.2. The molecule has 162 valence electrons. The van der Waals surface area contributed by atoms with Crippen molar-refractivity contribution in [2.75, 3.05) is 32.8 Å². The molecular formula is C20H38N4O4. The Morgan fingerprint density at radius 2 is 1.93 bits per heavy atom. The largest absolute Gasteiger partial charge is 0.394 e. The molecule has 4 N–H and O–H groups in total. The molecule has 0 aromatic heterocycles. The molecule has 2 aliphatic heterocycles. The first-order valence-corrected chi connectivity index (χ1v) is 10.8. The van der Waals surface area contributed by atoms with Crippen molar-refractivity contribution >= 4 is 11.9 Å². The molecule has 0 spiro atoms. The van der Waals surface area contributed by atoms with Gasteiger partial charge < -0.3 is 30.7 Å². The lowest BCUT2D eigenvalue weighted by Gasteiger charge is -2.36. The van der Waals surface area contributed by atoms with Crippen molar-refractivity contribution in [1.82, 2.24) is 20.9 Å². The molecule has 2 fully saturated rings. The van der Waals surface area contributed by atoms with E-state index in [1.807, 2.05) is 13.8 Å². The molecule has 0 unspecified atom stereocenters. The summed E-state index contributed by atoms with van der Waals surface area (Å²) in [5.41, 5.74) is 0. The van der Waals surface area contributed by atoms with E-state index in [2.05, 4.69) is 20.9 Å². The van der Waals surface area contributed by atoms with Crippen molar-refractivity contribution in [2.24, 2.45) is 0 Å². The quantitative estimate of drug-likeness (QED) is 0.464. The maximum Gasteiger partial charge on any atom is 0.314 e. The highest BCUT2D eigenvalue weighted by Gasteiger charge is 2.31. The van der Waals surface area contributed by atoms with Crippen molar-refractivity contribution in [3.8, 4) is 0 Å². The van der Waals surface area contributed by atoms with Gasteiger partial charge >= 0.3 is 6.03 Å². The van der Waals surface area contributed by atoms with E-state index in [-0.39, 0.29) is 42.8 Å². The molecule has 3 amide bonds. The number of rotatable bonds is 9. The summed E-state index contributed by atoms with van der Waals surface area (Å²) in [5.74, 6) is 0.0306. The molecule has 0 aromatic rings. The van der Waals surface area contributed by atoms with E-state index in [0.29, 0.717) is 19.4 Å². The molecule has 0 bridgehead atoms. The zero-order valence-corrected chi connectivity index (χ0v) is 17.4. The molecule has 2 heterocycles. The van der Waals surface area contributed by atoms with Crippen molar-refractivity contribution in [2.45, 2.75) is 83.1 Å². The van der Waals surface area contributed by atoms with Crippen LogP contribution in [0.4, 0.5) is 4.79 Å². The van der Waals surface area contributed by atoms with Gasteiger partial charge in [0.1, 0.15) is 6.10 Å². The minimum absolute atomic E-state index is 0.0157. The second-order valence-electron chi connectivity index (χ2n) is 8.23. The molecule has 8 heteroatoms. The predicted molar refractivity (Wildman–Crippen MR) is 108 cm³/mol. The molecular weight excluding hydrogens is 360 g/mol. The number of nitrogens with zero attached hydrogens (tertiary/aromatic N) is 1. The Bertz CT molecular complexity index is 483. The van der Waals surface area contributed by atoms with Gasteiger partial charge in [0.2, 0.25) is 5.91 Å². The van der Waals surface area contributed by atoms with Gasteiger partial charge in [-0.2, -0.15) is 0 Å². The van der Waals surface area contributed by atoms with Crippen molar-refractivity contribution in [3.05, 3.63) is 0 Å². The number of hydrogen-bond donors (Lipinski definition) is 4. The van der Waals surface area contributed by atoms with E-state index in [1.54, 1.807) is 0 Å². The number of amides is 3. The van der Waals surface area contributed by atoms with E-state index >= 15 is 0 Å². The van der Waals surface area contributed by atoms with Crippen LogP contribution >= 0.6 is 0 Å². The Balaban J connectivity index is 1.65. The van der Waals surface area contributed by atoms with Crippen LogP contribution in [0.1, 0.15) is 58.8 Å². The summed E-state index contributed by atoms with van der Waals surface area (Å²) in [6, 6.07) is -0.223. The Morgan fingerprint density at radius 3 is 2.61 bits per heavy atom. The summed E-state index contributed by atoms with van der Waals surface area (Å²) in [6.45, 7) is 7.21. The average Bonchev–Trinajstić information content (AvgIpc) is 2.67. The number of ether oxygens (including phenoxy) is 1. The Labute approximate surface area is 168 Å². The molecule has 3 atom stereocenters. The highest BCUT2D eigenvalue weighted by Crippen LogP contribution is 2.22. The number of hydrogen-bond acceptors (Lipinski definition) is 5. The smallest absolute Gasteiger partial charge is 0.314 e. The summed E-state index contributed by atoms with van der Waals surface area (Å²) in [7, 11) is 0. The normalized spacial score (nSPS) is 26.1. The minimum atomic E-state index is -0.387. The molecule has 0 saturated carbocycles. The van der Waals surface area contributed by atoms with Gasteiger partial charge in [0.15, 0.2) is 0 Å². The maximum atomic E-state index is 12.3. The van der Waals surface area contributed by atoms with Gasteiger partial charge in [-0.25, -0.2) is 4.79 Å². The maximum absolute atomic E-state index is 12.3. The summed E-state index contributed by atoms with van der Waals surface area (Å²) < 4.78 is 5.96. The third kappa shape index (κ3) is 8.32. The summed E-state index contributed by atoms with van der Waals surface area (Å²) in [5, 5.41) is 18.3. The fourth-order valence-electron chi connectivity index (χ4n) is 3.89. The van der Waals surface area contributed by atoms with Crippen molar-refractivity contribution in [1.29, 1.82) is 0 Å². The average molecular weight is 399 g/mol. The zero-order chi connectivity index (χ0) is 20.4. The number of piperidine rings is 1. The number of urea groups is 1. The lowest BCUT2D eigenvalue weighted by atomic mass is 9.97. The summed E-state index contributed by atoms with van der Waals surface area (Å²) in [6.07, 6.45) is 6.11. The third-order valence-electron chi connectivity index (χ3n) is 5.42. The molecule has 2 rings (SSSR count). The van der Waals surface area contributed by atoms with Crippen LogP contribution in [-0.4, -0.2) is 79.0 Å². The first kappa shape index (κ1) is 22.9. The molecule has 0 aliphatic carbocycles. The van der Waals surface area contributed by atoms with Gasteiger partial charge in [0.05, 0.1) is 18.8 Å². The van der Waals surface area contributed by atoms with Gasteiger partial charge in [-0.05, 0) is 59.0 Å². The highest BCUT2D eigenvalue weighted by atomic mass is 16.5. The van der Waals surface area contributed by atoms with Crippen LogP contribution in [-0.2, 0) is 9.53 Å². The van der Waals surface area contributed by atoms with E-state index in [4.69, 9.17) is 4.74 Å². The first-order chi connectivity index (χ1) is 13.5. The molecule has 8 nitrogen and oxygen atoms in total. The number of carbonyl (C=O) groups excluding carboxylic acids is 2. The number of aliphatic hydroxyl groups excluding tert-OH is 1. The van der Waals surface area contributed by atoms with Crippen LogP contribution in [0.2, 0.25) is 0 Å². The van der Waals surface area contributed by atoms with Crippen LogP contribution in [0.25, 0.3) is 0 Å². The molecule has 2 saturated heterocycles. The van der Waals surface area contributed by atoms with Crippen LogP contribution < -0.4 is 16.0 Å². The lowest BCUT2D eigenvalue weighted by molar-refractivity contribution is -0.128. The predicted octanol–water partition coefficient (Wildman–Crippen LogP) is 0.985. The third-order valence-corrected chi connectivity index (χ3v) is 5.42. The zero-order valence-electron chi connectivity index (χ0n) is 17.4. The van der Waals surface area contributed by atoms with E-state index in [9.17, 15) is 14.7 Å². The monoisotopic (exact) mass is 398 g/mol. The van der Waals surface area contributed by atoms with Gasteiger partial charge in [-0.1, -0.05) is 6.42 Å². The van der Waals surface area contributed by atoms with Gasteiger partial charge in [0, 0.05) is 25.6 Å². The van der Waals surface area contributed by atoms with Gasteiger partial charge in [0.25, 0.3) is 0 Å². The number of carbonyl (C=O) groups is 2. The van der Waals surface area contributed by atoms with Crippen LogP contribution in [0.15, 0.2) is 0 Å². The highest BCUT2D eigenvalue weighted by molar-refractivity contribution is 5.76. The Kier molecular flexibility index (Phi) is 10.0. The standard InChI is InChI=1S/C20H38N4O4/c1-15(2)22-20(27)21-10-8-16-6-7-17(18(14-25)28-16)23-19(26)9-13-24-11-4-3-5-12-24/h15-18,25H,3-14H2,1-2H3,(H,23,26)(H2,21,22,27)/t16-,17+,18+/m0/s1. The molecule has 2 aliphatic rings. The van der Waals surface area contributed by atoms with Crippen LogP contribution in [0, 0.1) is 0 Å². The van der Waals surface area contributed by atoms with E-state index in [0.717, 1.165) is 32.5 Å². The lowest BCUT2D eigenvalue weighted by Crippen LogP contribution is -2.51. The minimum Gasteiger partial charge on any atom is -0.394 e. The fraction of sp³-hybridized carbons (Fsp3) is 0.900. The van der Waals surface area contributed by atoms with Crippen LogP contribution in [0.3, 0.4) is 0 Å². The Morgan fingerprint density at radius 1 is 1.18 bits per heavy atom. The number of likely N-dealkylation sites (tertiary alicyclic amines) is 1. The second-order valence-corrected chi connectivity index (χ2v) is 8.23. The Hall–Kier alpha value is -1.38. The van der Waals surface area contributed by atoms with E-state index in [1.165, 1.54) is 19.3 Å². The SMILES string of the molecule is CC(C)NC(=O)NCC[C@@H]1CC[C@@H](NC(=O)CCN2CCCCC2)[C@@H](CO)O1. The topological polar surface area (TPSA) is 103 Å².